The van der Waals surface area contributed by atoms with Crippen LogP contribution in [0.2, 0.25) is 0 Å². The van der Waals surface area contributed by atoms with E-state index in [9.17, 15) is 0 Å². The van der Waals surface area contributed by atoms with Gasteiger partial charge in [-0.2, -0.15) is 5.10 Å². The zero-order chi connectivity index (χ0) is 15.0. The standard InChI is InChI=1S/C15H19N5S/c1-10-12(21-9-18-10)8-17-14-11-7-13(15(2,3)4)19-20(11)6-5-16-14/h5-7,9H,8H2,1-4H3,(H,16,17). The van der Waals surface area contributed by atoms with Crippen LogP contribution in [0.25, 0.3) is 5.52 Å². The maximum atomic E-state index is 4.63. The lowest BCUT2D eigenvalue weighted by Crippen LogP contribution is -2.11. The number of nitrogens with one attached hydrogen (secondary N) is 1. The summed E-state index contributed by atoms with van der Waals surface area (Å²) in [5, 5.41) is 8.03. The molecule has 3 rings (SSSR count). The molecule has 0 saturated heterocycles. The Morgan fingerprint density at radius 2 is 2.10 bits per heavy atom. The molecule has 0 radical (unpaired) electrons. The summed E-state index contributed by atoms with van der Waals surface area (Å²) in [7, 11) is 0. The Morgan fingerprint density at radius 3 is 2.76 bits per heavy atom. The number of fused-ring (bicyclic) bond motifs is 1. The molecule has 0 spiro atoms. The fourth-order valence-electron chi connectivity index (χ4n) is 2.08. The number of nitrogens with zero attached hydrogens (tertiary/aromatic N) is 4. The summed E-state index contributed by atoms with van der Waals surface area (Å²) in [5.41, 5.74) is 5.04. The van der Waals surface area contributed by atoms with Gasteiger partial charge < -0.3 is 5.32 Å². The Kier molecular flexibility index (Phi) is 3.41. The van der Waals surface area contributed by atoms with Crippen molar-refractivity contribution in [2.24, 2.45) is 0 Å². The molecule has 21 heavy (non-hydrogen) atoms. The van der Waals surface area contributed by atoms with Gasteiger partial charge in [-0.05, 0) is 13.0 Å². The number of hydrogen-bond donors (Lipinski definition) is 1. The second-order valence-electron chi connectivity index (χ2n) is 6.10. The Labute approximate surface area is 128 Å². The molecule has 0 aliphatic heterocycles. The number of thiazole rings is 1. The number of rotatable bonds is 3. The van der Waals surface area contributed by atoms with Crippen molar-refractivity contribution in [3.05, 3.63) is 40.2 Å². The highest BCUT2D eigenvalue weighted by Crippen LogP contribution is 2.25. The van der Waals surface area contributed by atoms with E-state index in [1.54, 1.807) is 17.5 Å². The Morgan fingerprint density at radius 1 is 1.29 bits per heavy atom. The SMILES string of the molecule is Cc1ncsc1CNc1nccn2nc(C(C)(C)C)cc12. The number of anilines is 1. The van der Waals surface area contributed by atoms with Crippen molar-refractivity contribution in [3.8, 4) is 0 Å². The molecule has 5 nitrogen and oxygen atoms in total. The lowest BCUT2D eigenvalue weighted by molar-refractivity contribution is 0.562. The van der Waals surface area contributed by atoms with Crippen molar-refractivity contribution < 1.29 is 0 Å². The highest BCUT2D eigenvalue weighted by Gasteiger charge is 2.19. The fourth-order valence-corrected chi connectivity index (χ4v) is 2.80. The van der Waals surface area contributed by atoms with E-state index >= 15 is 0 Å². The first-order valence-electron chi connectivity index (χ1n) is 6.93. The Balaban J connectivity index is 1.92. The van der Waals surface area contributed by atoms with E-state index in [0.717, 1.165) is 29.3 Å². The predicted molar refractivity (Wildman–Crippen MR) is 85.9 cm³/mol. The molecule has 110 valence electrons. The molecule has 0 unspecified atom stereocenters. The van der Waals surface area contributed by atoms with Gasteiger partial charge in [0.05, 0.1) is 23.4 Å². The molecular weight excluding hydrogens is 282 g/mol. The minimum Gasteiger partial charge on any atom is -0.363 e. The van der Waals surface area contributed by atoms with Crippen LogP contribution in [-0.4, -0.2) is 19.6 Å². The third-order valence-corrected chi connectivity index (χ3v) is 4.35. The lowest BCUT2D eigenvalue weighted by Gasteiger charge is -2.13. The molecule has 0 fully saturated rings. The van der Waals surface area contributed by atoms with Crippen LogP contribution in [0.3, 0.4) is 0 Å². The van der Waals surface area contributed by atoms with Gasteiger partial charge in [-0.3, -0.25) is 0 Å². The summed E-state index contributed by atoms with van der Waals surface area (Å²) in [6.45, 7) is 9.25. The van der Waals surface area contributed by atoms with E-state index in [4.69, 9.17) is 0 Å². The smallest absolute Gasteiger partial charge is 0.152 e. The van der Waals surface area contributed by atoms with Crippen molar-refractivity contribution in [1.29, 1.82) is 0 Å². The van der Waals surface area contributed by atoms with Gasteiger partial charge in [0.15, 0.2) is 5.82 Å². The number of hydrogen-bond acceptors (Lipinski definition) is 5. The highest BCUT2D eigenvalue weighted by molar-refractivity contribution is 7.09. The molecule has 0 aliphatic rings. The molecule has 0 aliphatic carbocycles. The van der Waals surface area contributed by atoms with Crippen LogP contribution in [0.15, 0.2) is 24.0 Å². The molecular formula is C15H19N5S. The molecule has 3 aromatic heterocycles. The maximum absolute atomic E-state index is 4.63. The molecule has 0 bridgehead atoms. The van der Waals surface area contributed by atoms with Gasteiger partial charge >= 0.3 is 0 Å². The molecule has 6 heteroatoms. The first kappa shape index (κ1) is 14.0. The zero-order valence-electron chi connectivity index (χ0n) is 12.7. The Bertz CT molecular complexity index is 766. The number of aromatic nitrogens is 4. The fraction of sp³-hybridized carbons (Fsp3) is 0.400. The zero-order valence-corrected chi connectivity index (χ0v) is 13.5. The highest BCUT2D eigenvalue weighted by atomic mass is 32.1. The summed E-state index contributed by atoms with van der Waals surface area (Å²) in [6, 6.07) is 2.11. The third kappa shape index (κ3) is 2.76. The normalized spacial score (nSPS) is 12.0. The molecule has 3 aromatic rings. The van der Waals surface area contributed by atoms with Crippen LogP contribution in [0.4, 0.5) is 5.82 Å². The molecule has 0 amide bonds. The summed E-state index contributed by atoms with van der Waals surface area (Å²) >= 11 is 1.66. The molecule has 1 N–H and O–H groups in total. The van der Waals surface area contributed by atoms with Crippen LogP contribution < -0.4 is 5.32 Å². The Hall–Kier alpha value is -1.95. The van der Waals surface area contributed by atoms with E-state index in [-0.39, 0.29) is 5.41 Å². The first-order chi connectivity index (χ1) is 9.95. The second-order valence-corrected chi connectivity index (χ2v) is 7.04. The average molecular weight is 301 g/mol. The monoisotopic (exact) mass is 301 g/mol. The molecule has 0 saturated carbocycles. The van der Waals surface area contributed by atoms with Gasteiger partial charge in [0.1, 0.15) is 5.52 Å². The van der Waals surface area contributed by atoms with Gasteiger partial charge in [0, 0.05) is 22.7 Å². The van der Waals surface area contributed by atoms with Crippen molar-refractivity contribution >= 4 is 22.7 Å². The number of aryl methyl sites for hydroxylation is 1. The van der Waals surface area contributed by atoms with Gasteiger partial charge in [-0.15, -0.1) is 11.3 Å². The molecule has 0 atom stereocenters. The van der Waals surface area contributed by atoms with Crippen LogP contribution >= 0.6 is 11.3 Å². The minimum absolute atomic E-state index is 0.0253. The van der Waals surface area contributed by atoms with E-state index < -0.39 is 0 Å². The van der Waals surface area contributed by atoms with Crippen molar-refractivity contribution in [2.45, 2.75) is 39.7 Å². The van der Waals surface area contributed by atoms with Crippen molar-refractivity contribution in [2.75, 3.05) is 5.32 Å². The van der Waals surface area contributed by atoms with Gasteiger partial charge in [-0.25, -0.2) is 14.5 Å². The predicted octanol–water partition coefficient (Wildman–Crippen LogP) is 3.40. The van der Waals surface area contributed by atoms with Gasteiger partial charge in [-0.1, -0.05) is 20.8 Å². The molecule has 3 heterocycles. The maximum Gasteiger partial charge on any atom is 0.152 e. The van der Waals surface area contributed by atoms with E-state index in [2.05, 4.69) is 47.2 Å². The summed E-state index contributed by atoms with van der Waals surface area (Å²) < 4.78 is 1.88. The summed E-state index contributed by atoms with van der Waals surface area (Å²) in [6.07, 6.45) is 3.65. The van der Waals surface area contributed by atoms with Crippen LogP contribution in [0.5, 0.6) is 0 Å². The van der Waals surface area contributed by atoms with Gasteiger partial charge in [0.2, 0.25) is 0 Å². The van der Waals surface area contributed by atoms with E-state index in [0.29, 0.717) is 0 Å². The van der Waals surface area contributed by atoms with Crippen LogP contribution in [0, 0.1) is 6.92 Å². The van der Waals surface area contributed by atoms with Crippen LogP contribution in [-0.2, 0) is 12.0 Å². The van der Waals surface area contributed by atoms with E-state index in [1.807, 2.05) is 23.1 Å². The van der Waals surface area contributed by atoms with E-state index in [1.165, 1.54) is 4.88 Å². The third-order valence-electron chi connectivity index (χ3n) is 3.42. The lowest BCUT2D eigenvalue weighted by atomic mass is 9.92. The quantitative estimate of drug-likeness (QED) is 0.805. The van der Waals surface area contributed by atoms with Crippen LogP contribution in [0.1, 0.15) is 37.0 Å². The van der Waals surface area contributed by atoms with Gasteiger partial charge in [0.25, 0.3) is 0 Å². The van der Waals surface area contributed by atoms with Crippen molar-refractivity contribution in [1.82, 2.24) is 19.6 Å². The topological polar surface area (TPSA) is 55.1 Å². The molecule has 0 aromatic carbocycles. The van der Waals surface area contributed by atoms with Crippen molar-refractivity contribution in [3.63, 3.8) is 0 Å². The first-order valence-corrected chi connectivity index (χ1v) is 7.81. The second kappa shape index (κ2) is 5.11. The largest absolute Gasteiger partial charge is 0.363 e. The summed E-state index contributed by atoms with van der Waals surface area (Å²) in [5.74, 6) is 0.855. The summed E-state index contributed by atoms with van der Waals surface area (Å²) in [4.78, 5) is 9.94. The minimum atomic E-state index is 0.0253. The average Bonchev–Trinajstić information content (AvgIpc) is 3.02.